The zero-order valence-electron chi connectivity index (χ0n) is 12.7. The lowest BCUT2D eigenvalue weighted by Gasteiger charge is -2.32. The average molecular weight is 315 g/mol. The van der Waals surface area contributed by atoms with Gasteiger partial charge in [-0.1, -0.05) is 11.6 Å². The Morgan fingerprint density at radius 2 is 2.05 bits per heavy atom. The molecule has 1 amide bonds. The topological polar surface area (TPSA) is 32.3 Å². The van der Waals surface area contributed by atoms with Crippen LogP contribution in [0.2, 0.25) is 0 Å². The first-order valence-corrected chi connectivity index (χ1v) is 7.32. The van der Waals surface area contributed by atoms with Gasteiger partial charge in [0.2, 0.25) is 0 Å². The van der Waals surface area contributed by atoms with Crippen molar-refractivity contribution in [3.63, 3.8) is 0 Å². The number of likely N-dealkylation sites (tertiary alicyclic amines) is 1. The molecule has 0 atom stereocenters. The number of rotatable bonds is 4. The third kappa shape index (κ3) is 4.68. The molecule has 1 aromatic carbocycles. The summed E-state index contributed by atoms with van der Waals surface area (Å²) in [5.74, 6) is 0.0880. The molecule has 1 aliphatic rings. The summed E-state index contributed by atoms with van der Waals surface area (Å²) >= 11 is 0. The molecule has 1 aromatic rings. The quantitative estimate of drug-likeness (QED) is 0.926. The SMILES string of the molecule is CNCCC1CCN(C(=O)c2cc(C)ccc2F)CC1.Cl. The van der Waals surface area contributed by atoms with Gasteiger partial charge in [0.15, 0.2) is 0 Å². The second-order valence-corrected chi connectivity index (χ2v) is 5.61. The fourth-order valence-electron chi connectivity index (χ4n) is 2.75. The van der Waals surface area contributed by atoms with Crippen molar-refractivity contribution < 1.29 is 9.18 Å². The van der Waals surface area contributed by atoms with Crippen molar-refractivity contribution >= 4 is 18.3 Å². The molecule has 0 saturated carbocycles. The summed E-state index contributed by atoms with van der Waals surface area (Å²) in [5.41, 5.74) is 1.12. The van der Waals surface area contributed by atoms with Gasteiger partial charge >= 0.3 is 0 Å². The number of carbonyl (C=O) groups excluding carboxylic acids is 1. The molecule has 0 aromatic heterocycles. The monoisotopic (exact) mass is 314 g/mol. The van der Waals surface area contributed by atoms with E-state index >= 15 is 0 Å². The smallest absolute Gasteiger partial charge is 0.256 e. The highest BCUT2D eigenvalue weighted by Gasteiger charge is 2.24. The number of benzene rings is 1. The molecule has 5 heteroatoms. The number of nitrogens with one attached hydrogen (secondary N) is 1. The average Bonchev–Trinajstić information content (AvgIpc) is 2.47. The van der Waals surface area contributed by atoms with Gasteiger partial charge in [-0.25, -0.2) is 4.39 Å². The van der Waals surface area contributed by atoms with Crippen LogP contribution in [-0.4, -0.2) is 37.5 Å². The first kappa shape index (κ1) is 17.9. The largest absolute Gasteiger partial charge is 0.339 e. The van der Waals surface area contributed by atoms with E-state index in [1.54, 1.807) is 17.0 Å². The molecule has 118 valence electrons. The molecule has 0 radical (unpaired) electrons. The van der Waals surface area contributed by atoms with E-state index in [1.807, 2.05) is 14.0 Å². The third-order valence-electron chi connectivity index (χ3n) is 4.06. The summed E-state index contributed by atoms with van der Waals surface area (Å²) in [7, 11) is 1.96. The number of halogens is 2. The first-order valence-electron chi connectivity index (χ1n) is 7.32. The summed E-state index contributed by atoms with van der Waals surface area (Å²) in [4.78, 5) is 14.2. The van der Waals surface area contributed by atoms with Crippen LogP contribution in [0.5, 0.6) is 0 Å². The Bertz CT molecular complexity index is 473. The normalized spacial score (nSPS) is 15.7. The van der Waals surface area contributed by atoms with Crippen LogP contribution >= 0.6 is 12.4 Å². The van der Waals surface area contributed by atoms with Gasteiger partial charge in [0.05, 0.1) is 5.56 Å². The summed E-state index contributed by atoms with van der Waals surface area (Å²) in [5, 5.41) is 3.16. The number of nitrogens with zero attached hydrogens (tertiary/aromatic N) is 1. The molecule has 2 rings (SSSR count). The van der Waals surface area contributed by atoms with Crippen LogP contribution in [0.4, 0.5) is 4.39 Å². The number of aryl methyl sites for hydroxylation is 1. The molecule has 0 spiro atoms. The number of amides is 1. The van der Waals surface area contributed by atoms with E-state index in [0.29, 0.717) is 5.92 Å². The van der Waals surface area contributed by atoms with Crippen molar-refractivity contribution in [2.75, 3.05) is 26.7 Å². The molecule has 0 aliphatic carbocycles. The summed E-state index contributed by atoms with van der Waals surface area (Å²) < 4.78 is 13.8. The molecule has 0 bridgehead atoms. The lowest BCUT2D eigenvalue weighted by molar-refractivity contribution is 0.0682. The van der Waals surface area contributed by atoms with E-state index in [2.05, 4.69) is 5.32 Å². The second kappa shape index (κ2) is 8.35. The van der Waals surface area contributed by atoms with Crippen LogP contribution in [0.25, 0.3) is 0 Å². The fourth-order valence-corrected chi connectivity index (χ4v) is 2.75. The number of hydrogen-bond acceptors (Lipinski definition) is 2. The highest BCUT2D eigenvalue weighted by molar-refractivity contribution is 5.94. The Kier molecular flexibility index (Phi) is 7.12. The number of carbonyl (C=O) groups is 1. The first-order chi connectivity index (χ1) is 9.61. The van der Waals surface area contributed by atoms with Crippen molar-refractivity contribution in [1.82, 2.24) is 10.2 Å². The van der Waals surface area contributed by atoms with Gasteiger partial charge in [0.25, 0.3) is 5.91 Å². The van der Waals surface area contributed by atoms with Gasteiger partial charge in [0, 0.05) is 13.1 Å². The molecule has 1 fully saturated rings. The van der Waals surface area contributed by atoms with Crippen LogP contribution in [-0.2, 0) is 0 Å². The minimum Gasteiger partial charge on any atom is -0.339 e. The van der Waals surface area contributed by atoms with Crippen LogP contribution in [0.1, 0.15) is 35.2 Å². The highest BCUT2D eigenvalue weighted by atomic mass is 35.5. The summed E-state index contributed by atoms with van der Waals surface area (Å²) in [6, 6.07) is 4.71. The molecule has 1 heterocycles. The summed E-state index contributed by atoms with van der Waals surface area (Å²) in [6.45, 7) is 4.37. The van der Waals surface area contributed by atoms with Gasteiger partial charge in [-0.05, 0) is 57.8 Å². The maximum Gasteiger partial charge on any atom is 0.256 e. The standard InChI is InChI=1S/C16H23FN2O.ClH/c1-12-3-4-15(17)14(11-12)16(20)19-9-6-13(7-10-19)5-8-18-2;/h3-4,11,13,18H,5-10H2,1-2H3;1H. The molecule has 21 heavy (non-hydrogen) atoms. The number of hydrogen-bond donors (Lipinski definition) is 1. The Morgan fingerprint density at radius 1 is 1.38 bits per heavy atom. The predicted molar refractivity (Wildman–Crippen MR) is 85.6 cm³/mol. The van der Waals surface area contributed by atoms with Crippen molar-refractivity contribution in [3.8, 4) is 0 Å². The number of piperidine rings is 1. The molecule has 1 saturated heterocycles. The highest BCUT2D eigenvalue weighted by Crippen LogP contribution is 2.22. The van der Waals surface area contributed by atoms with E-state index in [9.17, 15) is 9.18 Å². The Morgan fingerprint density at radius 3 is 2.67 bits per heavy atom. The Balaban J connectivity index is 0.00000220. The molecule has 1 N–H and O–H groups in total. The van der Waals surface area contributed by atoms with Gasteiger partial charge in [0.1, 0.15) is 5.82 Å². The van der Waals surface area contributed by atoms with Crippen molar-refractivity contribution in [2.24, 2.45) is 5.92 Å². The van der Waals surface area contributed by atoms with Gasteiger partial charge in [-0.3, -0.25) is 4.79 Å². The fraction of sp³-hybridized carbons (Fsp3) is 0.562. The van der Waals surface area contributed by atoms with E-state index in [-0.39, 0.29) is 23.9 Å². The minimum atomic E-state index is -0.419. The maximum atomic E-state index is 13.8. The van der Waals surface area contributed by atoms with Crippen LogP contribution in [0.3, 0.4) is 0 Å². The van der Waals surface area contributed by atoms with Crippen LogP contribution in [0.15, 0.2) is 18.2 Å². The van der Waals surface area contributed by atoms with Gasteiger partial charge < -0.3 is 10.2 Å². The lowest BCUT2D eigenvalue weighted by atomic mass is 9.93. The zero-order valence-corrected chi connectivity index (χ0v) is 13.5. The van der Waals surface area contributed by atoms with Gasteiger partial charge in [-0.2, -0.15) is 0 Å². The van der Waals surface area contributed by atoms with Crippen molar-refractivity contribution in [1.29, 1.82) is 0 Å². The summed E-state index contributed by atoms with van der Waals surface area (Å²) in [6.07, 6.45) is 3.18. The molecular weight excluding hydrogens is 291 g/mol. The predicted octanol–water partition coefficient (Wildman–Crippen LogP) is 3.02. The van der Waals surface area contributed by atoms with E-state index in [1.165, 1.54) is 6.07 Å². The van der Waals surface area contributed by atoms with E-state index < -0.39 is 5.82 Å². The lowest BCUT2D eigenvalue weighted by Crippen LogP contribution is -2.39. The van der Waals surface area contributed by atoms with E-state index in [0.717, 1.165) is 44.5 Å². The Hall–Kier alpha value is -1.13. The molecule has 0 unspecified atom stereocenters. The third-order valence-corrected chi connectivity index (χ3v) is 4.06. The minimum absolute atomic E-state index is 0. The van der Waals surface area contributed by atoms with Crippen LogP contribution in [0, 0.1) is 18.7 Å². The molecular formula is C16H24ClFN2O. The van der Waals surface area contributed by atoms with Gasteiger partial charge in [-0.15, -0.1) is 12.4 Å². The molecule has 1 aliphatic heterocycles. The Labute approximate surface area is 132 Å². The van der Waals surface area contributed by atoms with Crippen molar-refractivity contribution in [2.45, 2.75) is 26.2 Å². The molecule has 3 nitrogen and oxygen atoms in total. The van der Waals surface area contributed by atoms with Crippen LogP contribution < -0.4 is 5.32 Å². The maximum absolute atomic E-state index is 13.8. The zero-order chi connectivity index (χ0) is 14.5. The van der Waals surface area contributed by atoms with E-state index in [4.69, 9.17) is 0 Å². The van der Waals surface area contributed by atoms with Crippen molar-refractivity contribution in [3.05, 3.63) is 35.1 Å². The second-order valence-electron chi connectivity index (χ2n) is 5.61.